The molecule has 14 heavy (non-hydrogen) atoms. The zero-order valence-electron chi connectivity index (χ0n) is 7.21. The van der Waals surface area contributed by atoms with Crippen molar-refractivity contribution < 1.29 is 9.90 Å². The Kier molecular flexibility index (Phi) is 3.53. The largest absolute Gasteiger partial charge is 0.507 e. The van der Waals surface area contributed by atoms with E-state index in [1.165, 1.54) is 0 Å². The SMILES string of the molecule is O=C(NCCCl)c1c[nH]c(=O)cc1O. The molecule has 3 N–H and O–H groups in total. The van der Waals surface area contributed by atoms with Crippen LogP contribution in [-0.2, 0) is 0 Å². The van der Waals surface area contributed by atoms with E-state index in [2.05, 4.69) is 10.3 Å². The maximum Gasteiger partial charge on any atom is 0.256 e. The second-order valence-corrected chi connectivity index (χ2v) is 2.92. The molecule has 0 fully saturated rings. The molecular formula is C8H9ClN2O3. The molecule has 0 aromatic carbocycles. The Labute approximate surface area is 84.7 Å². The molecule has 0 bridgehead atoms. The van der Waals surface area contributed by atoms with Crippen LogP contribution in [0.25, 0.3) is 0 Å². The number of rotatable bonds is 3. The van der Waals surface area contributed by atoms with E-state index in [1.54, 1.807) is 0 Å². The molecule has 0 saturated heterocycles. The van der Waals surface area contributed by atoms with Crippen LogP contribution in [0.1, 0.15) is 10.4 Å². The highest BCUT2D eigenvalue weighted by atomic mass is 35.5. The monoisotopic (exact) mass is 216 g/mol. The molecular weight excluding hydrogens is 208 g/mol. The highest BCUT2D eigenvalue weighted by molar-refractivity contribution is 6.18. The Morgan fingerprint density at radius 3 is 2.93 bits per heavy atom. The summed E-state index contributed by atoms with van der Waals surface area (Å²) in [6, 6.07) is 0.940. The van der Waals surface area contributed by atoms with E-state index in [-0.39, 0.29) is 17.2 Å². The van der Waals surface area contributed by atoms with Crippen LogP contribution in [-0.4, -0.2) is 28.4 Å². The van der Waals surface area contributed by atoms with Gasteiger partial charge in [-0.15, -0.1) is 11.6 Å². The van der Waals surface area contributed by atoms with Crippen molar-refractivity contribution in [3.05, 3.63) is 28.2 Å². The number of H-pyrrole nitrogens is 1. The number of hydrogen-bond acceptors (Lipinski definition) is 3. The van der Waals surface area contributed by atoms with Gasteiger partial charge in [0.1, 0.15) is 5.75 Å². The van der Waals surface area contributed by atoms with Gasteiger partial charge in [0.2, 0.25) is 0 Å². The van der Waals surface area contributed by atoms with E-state index in [0.29, 0.717) is 6.54 Å². The van der Waals surface area contributed by atoms with E-state index in [1.807, 2.05) is 0 Å². The quantitative estimate of drug-likeness (QED) is 0.625. The third kappa shape index (κ3) is 2.50. The Morgan fingerprint density at radius 2 is 2.36 bits per heavy atom. The molecule has 0 radical (unpaired) electrons. The smallest absolute Gasteiger partial charge is 0.256 e. The van der Waals surface area contributed by atoms with Crippen molar-refractivity contribution in [2.75, 3.05) is 12.4 Å². The number of alkyl halides is 1. The van der Waals surface area contributed by atoms with E-state index < -0.39 is 11.5 Å². The van der Waals surface area contributed by atoms with Crippen LogP contribution in [0.2, 0.25) is 0 Å². The number of amides is 1. The molecule has 0 aliphatic rings. The zero-order valence-corrected chi connectivity index (χ0v) is 7.97. The lowest BCUT2D eigenvalue weighted by Gasteiger charge is -2.03. The topological polar surface area (TPSA) is 82.2 Å². The van der Waals surface area contributed by atoms with Crippen molar-refractivity contribution in [2.24, 2.45) is 0 Å². The molecule has 1 heterocycles. The fourth-order valence-corrected chi connectivity index (χ4v) is 0.993. The van der Waals surface area contributed by atoms with Crippen molar-refractivity contribution in [1.29, 1.82) is 0 Å². The van der Waals surface area contributed by atoms with Gasteiger partial charge in [-0.25, -0.2) is 0 Å². The maximum atomic E-state index is 11.3. The van der Waals surface area contributed by atoms with Crippen molar-refractivity contribution in [2.45, 2.75) is 0 Å². The number of carbonyl (C=O) groups excluding carboxylic acids is 1. The van der Waals surface area contributed by atoms with E-state index in [9.17, 15) is 14.7 Å². The first-order chi connectivity index (χ1) is 6.65. The third-order valence-electron chi connectivity index (χ3n) is 1.53. The average molecular weight is 217 g/mol. The predicted molar refractivity (Wildman–Crippen MR) is 51.8 cm³/mol. The number of halogens is 1. The molecule has 1 aromatic rings. The molecule has 0 spiro atoms. The summed E-state index contributed by atoms with van der Waals surface area (Å²) in [5.74, 6) is -0.532. The number of nitrogens with one attached hydrogen (secondary N) is 2. The second-order valence-electron chi connectivity index (χ2n) is 2.54. The van der Waals surface area contributed by atoms with Gasteiger partial charge in [-0.2, -0.15) is 0 Å². The Bertz CT molecular complexity index is 388. The van der Waals surface area contributed by atoms with Crippen LogP contribution >= 0.6 is 11.6 Å². The second kappa shape index (κ2) is 4.66. The van der Waals surface area contributed by atoms with Gasteiger partial charge in [-0.3, -0.25) is 9.59 Å². The van der Waals surface area contributed by atoms with Crippen molar-refractivity contribution in [3.63, 3.8) is 0 Å². The van der Waals surface area contributed by atoms with Crippen LogP contribution in [0.4, 0.5) is 0 Å². The molecule has 0 saturated carbocycles. The molecule has 1 aromatic heterocycles. The number of pyridine rings is 1. The lowest BCUT2D eigenvalue weighted by atomic mass is 10.2. The number of aromatic nitrogens is 1. The minimum atomic E-state index is -0.473. The van der Waals surface area contributed by atoms with Gasteiger partial charge in [0.25, 0.3) is 11.5 Å². The first kappa shape index (κ1) is 10.6. The highest BCUT2D eigenvalue weighted by Gasteiger charge is 2.10. The first-order valence-electron chi connectivity index (χ1n) is 3.91. The van der Waals surface area contributed by atoms with Gasteiger partial charge in [0, 0.05) is 24.7 Å². The van der Waals surface area contributed by atoms with Gasteiger partial charge in [-0.1, -0.05) is 0 Å². The molecule has 1 amide bonds. The molecule has 0 aliphatic carbocycles. The minimum Gasteiger partial charge on any atom is -0.507 e. The Morgan fingerprint density at radius 1 is 1.64 bits per heavy atom. The van der Waals surface area contributed by atoms with Crippen LogP contribution < -0.4 is 10.9 Å². The molecule has 0 unspecified atom stereocenters. The molecule has 0 atom stereocenters. The number of aromatic hydroxyl groups is 1. The van der Waals surface area contributed by atoms with Crippen LogP contribution in [0, 0.1) is 0 Å². The standard InChI is InChI=1S/C8H9ClN2O3/c9-1-2-10-8(14)5-4-11-7(13)3-6(5)12/h3-4H,1-2H2,(H,10,14)(H2,11,12,13). The molecule has 5 nitrogen and oxygen atoms in total. The van der Waals surface area contributed by atoms with Crippen molar-refractivity contribution in [3.8, 4) is 5.75 Å². The number of hydrogen-bond donors (Lipinski definition) is 3. The fourth-order valence-electron chi connectivity index (χ4n) is 0.899. The van der Waals surface area contributed by atoms with E-state index in [4.69, 9.17) is 11.6 Å². The summed E-state index contributed by atoms with van der Waals surface area (Å²) in [6.07, 6.45) is 1.15. The summed E-state index contributed by atoms with van der Waals surface area (Å²) in [5.41, 5.74) is -0.439. The maximum absolute atomic E-state index is 11.3. The summed E-state index contributed by atoms with van der Waals surface area (Å²) in [4.78, 5) is 24.3. The Hall–Kier alpha value is -1.49. The lowest BCUT2D eigenvalue weighted by molar-refractivity contribution is 0.0953. The molecule has 76 valence electrons. The third-order valence-corrected chi connectivity index (χ3v) is 1.72. The molecule has 1 rings (SSSR count). The summed E-state index contributed by atoms with van der Waals surface area (Å²) >= 11 is 5.36. The number of carbonyl (C=O) groups is 1. The van der Waals surface area contributed by atoms with E-state index >= 15 is 0 Å². The Balaban J connectivity index is 2.85. The van der Waals surface area contributed by atoms with Crippen LogP contribution in [0.15, 0.2) is 17.1 Å². The summed E-state index contributed by atoms with van der Waals surface area (Å²) in [6.45, 7) is 0.305. The van der Waals surface area contributed by atoms with Gasteiger partial charge >= 0.3 is 0 Å². The van der Waals surface area contributed by atoms with Gasteiger partial charge in [0.05, 0.1) is 5.56 Å². The van der Waals surface area contributed by atoms with Crippen molar-refractivity contribution >= 4 is 17.5 Å². The first-order valence-corrected chi connectivity index (χ1v) is 4.44. The van der Waals surface area contributed by atoms with E-state index in [0.717, 1.165) is 12.3 Å². The van der Waals surface area contributed by atoms with Crippen LogP contribution in [0.3, 0.4) is 0 Å². The summed E-state index contributed by atoms with van der Waals surface area (Å²) in [5, 5.41) is 11.7. The fraction of sp³-hybridized carbons (Fsp3) is 0.250. The summed E-state index contributed by atoms with van der Waals surface area (Å²) in [7, 11) is 0. The molecule has 6 heteroatoms. The van der Waals surface area contributed by atoms with Gasteiger partial charge in [-0.05, 0) is 0 Å². The zero-order chi connectivity index (χ0) is 10.6. The highest BCUT2D eigenvalue weighted by Crippen LogP contribution is 2.11. The van der Waals surface area contributed by atoms with Crippen molar-refractivity contribution in [1.82, 2.24) is 10.3 Å². The lowest BCUT2D eigenvalue weighted by Crippen LogP contribution is -2.26. The average Bonchev–Trinajstić information content (AvgIpc) is 2.14. The van der Waals surface area contributed by atoms with Crippen LogP contribution in [0.5, 0.6) is 5.75 Å². The van der Waals surface area contributed by atoms with Gasteiger partial charge in [0.15, 0.2) is 0 Å². The predicted octanol–water partition coefficient (Wildman–Crippen LogP) is 0.0491. The van der Waals surface area contributed by atoms with Gasteiger partial charge < -0.3 is 15.4 Å². The normalized spacial score (nSPS) is 9.79. The summed E-state index contributed by atoms with van der Waals surface area (Å²) < 4.78 is 0. The number of aromatic amines is 1. The minimum absolute atomic E-state index is 0.0229. The molecule has 0 aliphatic heterocycles.